The Labute approximate surface area is 86.6 Å². The summed E-state index contributed by atoms with van der Waals surface area (Å²) in [5.41, 5.74) is 0. The van der Waals surface area contributed by atoms with E-state index in [-0.39, 0.29) is 11.9 Å². The maximum absolute atomic E-state index is 12.9. The first-order valence-electron chi connectivity index (χ1n) is 4.45. The van der Waals surface area contributed by atoms with Gasteiger partial charge in [0.05, 0.1) is 18.2 Å². The Morgan fingerprint density at radius 1 is 1.50 bits per heavy atom. The minimum absolute atomic E-state index is 0.00528. The molecule has 1 aromatic rings. The highest BCUT2D eigenvalue weighted by molar-refractivity contribution is 6.32. The first-order chi connectivity index (χ1) is 6.75. The molecule has 2 rings (SSSR count). The lowest BCUT2D eigenvalue weighted by Gasteiger charge is -2.12. The molecule has 0 saturated carbocycles. The summed E-state index contributed by atoms with van der Waals surface area (Å²) >= 11 is 5.84. The molecule has 0 aromatic heterocycles. The molecule has 0 spiro atoms. The molecular weight excluding hydrogens is 207 g/mol. The van der Waals surface area contributed by atoms with Gasteiger partial charge in [-0.2, -0.15) is 0 Å². The molecule has 1 atom stereocenters. The van der Waals surface area contributed by atoms with Crippen molar-refractivity contribution in [3.63, 3.8) is 0 Å². The average Bonchev–Trinajstić information content (AvgIpc) is 2.64. The minimum atomic E-state index is -0.344. The van der Waals surface area contributed by atoms with Gasteiger partial charge in [-0.25, -0.2) is 4.39 Å². The van der Waals surface area contributed by atoms with Crippen LogP contribution in [0, 0.1) is 5.82 Å². The molecule has 0 bridgehead atoms. The molecule has 0 N–H and O–H groups in total. The van der Waals surface area contributed by atoms with E-state index in [1.807, 2.05) is 0 Å². The molecule has 1 heterocycles. The van der Waals surface area contributed by atoms with Gasteiger partial charge in [0.2, 0.25) is 0 Å². The van der Waals surface area contributed by atoms with Crippen LogP contribution in [0.15, 0.2) is 18.2 Å². The predicted octanol–water partition coefficient (Wildman–Crippen LogP) is 2.65. The van der Waals surface area contributed by atoms with E-state index in [2.05, 4.69) is 0 Å². The van der Waals surface area contributed by atoms with Gasteiger partial charge in [-0.3, -0.25) is 0 Å². The average molecular weight is 217 g/mol. The third kappa shape index (κ3) is 2.16. The Kier molecular flexibility index (Phi) is 2.89. The van der Waals surface area contributed by atoms with Crippen molar-refractivity contribution in [3.8, 4) is 5.75 Å². The molecule has 76 valence electrons. The fourth-order valence-corrected chi connectivity index (χ4v) is 1.52. The molecule has 1 aromatic carbocycles. The Morgan fingerprint density at radius 3 is 3.07 bits per heavy atom. The summed E-state index contributed by atoms with van der Waals surface area (Å²) in [4.78, 5) is 0. The van der Waals surface area contributed by atoms with E-state index in [4.69, 9.17) is 21.1 Å². The third-order valence-corrected chi connectivity index (χ3v) is 2.39. The smallest absolute Gasteiger partial charge is 0.141 e. The summed E-state index contributed by atoms with van der Waals surface area (Å²) in [7, 11) is 0. The zero-order valence-electron chi connectivity index (χ0n) is 7.50. The second-order valence-corrected chi connectivity index (χ2v) is 3.59. The van der Waals surface area contributed by atoms with Crippen LogP contribution in [0.3, 0.4) is 0 Å². The van der Waals surface area contributed by atoms with Crippen LogP contribution < -0.4 is 4.74 Å². The quantitative estimate of drug-likeness (QED) is 0.757. The molecule has 0 aliphatic carbocycles. The van der Waals surface area contributed by atoms with E-state index in [1.165, 1.54) is 18.2 Å². The summed E-state index contributed by atoms with van der Waals surface area (Å²) in [5, 5.41) is 0.429. The van der Waals surface area contributed by atoms with Gasteiger partial charge in [-0.1, -0.05) is 11.6 Å². The van der Waals surface area contributed by atoms with E-state index in [0.29, 0.717) is 24.0 Å². The van der Waals surface area contributed by atoms with Crippen LogP contribution >= 0.6 is 11.6 Å². The van der Waals surface area contributed by atoms with Crippen LogP contribution in [0.1, 0.15) is 6.42 Å². The number of halogens is 2. The van der Waals surface area contributed by atoms with Gasteiger partial charge >= 0.3 is 0 Å². The lowest BCUT2D eigenvalue weighted by molar-refractivity contribution is 0.141. The molecule has 2 nitrogen and oxygen atoms in total. The van der Waals surface area contributed by atoms with Crippen LogP contribution in [-0.2, 0) is 4.74 Å². The summed E-state index contributed by atoms with van der Waals surface area (Å²) in [6.07, 6.45) is 0.821. The molecule has 0 amide bonds. The first-order valence-corrected chi connectivity index (χ1v) is 4.83. The Hall–Kier alpha value is -0.800. The van der Waals surface area contributed by atoms with Crippen molar-refractivity contribution in [2.75, 3.05) is 13.2 Å². The lowest BCUT2D eigenvalue weighted by Crippen LogP contribution is -2.15. The molecule has 1 fully saturated rings. The molecule has 1 saturated heterocycles. The minimum Gasteiger partial charge on any atom is -0.486 e. The molecule has 0 unspecified atom stereocenters. The number of hydrogen-bond acceptors (Lipinski definition) is 2. The monoisotopic (exact) mass is 216 g/mol. The zero-order chi connectivity index (χ0) is 9.97. The largest absolute Gasteiger partial charge is 0.486 e. The van der Waals surface area contributed by atoms with Crippen molar-refractivity contribution in [2.24, 2.45) is 0 Å². The fraction of sp³-hybridized carbons (Fsp3) is 0.400. The van der Waals surface area contributed by atoms with Crippen LogP contribution in [0.25, 0.3) is 0 Å². The topological polar surface area (TPSA) is 18.5 Å². The normalized spacial score (nSPS) is 21.1. The summed E-state index contributed by atoms with van der Waals surface area (Å²) in [6.45, 7) is 1.24. The summed E-state index contributed by atoms with van der Waals surface area (Å²) in [5.74, 6) is 0.0467. The van der Waals surface area contributed by atoms with Crippen LogP contribution in [-0.4, -0.2) is 19.3 Å². The van der Waals surface area contributed by atoms with Crippen molar-refractivity contribution < 1.29 is 13.9 Å². The van der Waals surface area contributed by atoms with Gasteiger partial charge < -0.3 is 9.47 Å². The first kappa shape index (κ1) is 9.74. The predicted molar refractivity (Wildman–Crippen MR) is 51.3 cm³/mol. The van der Waals surface area contributed by atoms with E-state index in [0.717, 1.165) is 6.42 Å². The van der Waals surface area contributed by atoms with Crippen LogP contribution in [0.4, 0.5) is 4.39 Å². The highest BCUT2D eigenvalue weighted by atomic mass is 35.5. The molecular formula is C10H10ClFO2. The number of rotatable bonds is 2. The molecule has 4 heteroatoms. The van der Waals surface area contributed by atoms with Crippen molar-refractivity contribution >= 4 is 11.6 Å². The van der Waals surface area contributed by atoms with Gasteiger partial charge in [-0.15, -0.1) is 0 Å². The van der Waals surface area contributed by atoms with Gasteiger partial charge in [-0.05, 0) is 12.1 Å². The van der Waals surface area contributed by atoms with Crippen molar-refractivity contribution in [2.45, 2.75) is 12.5 Å². The van der Waals surface area contributed by atoms with Crippen LogP contribution in [0.2, 0.25) is 5.02 Å². The summed E-state index contributed by atoms with van der Waals surface area (Å²) < 4.78 is 23.5. The Balaban J connectivity index is 2.10. The molecule has 14 heavy (non-hydrogen) atoms. The molecule has 1 aliphatic rings. The second kappa shape index (κ2) is 4.15. The highest BCUT2D eigenvalue weighted by Gasteiger charge is 2.18. The second-order valence-electron chi connectivity index (χ2n) is 3.18. The fourth-order valence-electron chi connectivity index (χ4n) is 1.35. The zero-order valence-corrected chi connectivity index (χ0v) is 8.26. The maximum Gasteiger partial charge on any atom is 0.141 e. The SMILES string of the molecule is Fc1ccc(Cl)c(O[C@H]2CCOC2)c1. The van der Waals surface area contributed by atoms with Crippen molar-refractivity contribution in [1.29, 1.82) is 0 Å². The Bertz CT molecular complexity index is 324. The van der Waals surface area contributed by atoms with E-state index in [1.54, 1.807) is 0 Å². The van der Waals surface area contributed by atoms with Crippen LogP contribution in [0.5, 0.6) is 5.75 Å². The van der Waals surface area contributed by atoms with Gasteiger partial charge in [0, 0.05) is 12.5 Å². The summed E-state index contributed by atoms with van der Waals surface area (Å²) in [6, 6.07) is 4.09. The van der Waals surface area contributed by atoms with Gasteiger partial charge in [0.25, 0.3) is 0 Å². The van der Waals surface area contributed by atoms with E-state index < -0.39 is 0 Å². The number of benzene rings is 1. The van der Waals surface area contributed by atoms with Gasteiger partial charge in [0.1, 0.15) is 17.7 Å². The maximum atomic E-state index is 12.9. The van der Waals surface area contributed by atoms with Gasteiger partial charge in [0.15, 0.2) is 0 Å². The number of hydrogen-bond donors (Lipinski definition) is 0. The van der Waals surface area contributed by atoms with Crippen molar-refractivity contribution in [1.82, 2.24) is 0 Å². The van der Waals surface area contributed by atoms with E-state index >= 15 is 0 Å². The van der Waals surface area contributed by atoms with E-state index in [9.17, 15) is 4.39 Å². The molecule has 1 aliphatic heterocycles. The lowest BCUT2D eigenvalue weighted by atomic mass is 10.3. The number of ether oxygens (including phenoxy) is 2. The highest BCUT2D eigenvalue weighted by Crippen LogP contribution is 2.27. The third-order valence-electron chi connectivity index (χ3n) is 2.07. The standard InChI is InChI=1S/C10H10ClFO2/c11-9-2-1-7(12)5-10(9)14-8-3-4-13-6-8/h1-2,5,8H,3-4,6H2/t8-/m0/s1. The Morgan fingerprint density at radius 2 is 2.36 bits per heavy atom. The van der Waals surface area contributed by atoms with Crippen molar-refractivity contribution in [3.05, 3.63) is 29.0 Å². The molecule has 0 radical (unpaired) electrons.